The van der Waals surface area contributed by atoms with E-state index >= 15 is 0 Å². The molecule has 12 heavy (non-hydrogen) atoms. The van der Waals surface area contributed by atoms with Crippen LogP contribution in [0.15, 0.2) is 4.99 Å². The zero-order valence-corrected chi connectivity index (χ0v) is 8.38. The first-order chi connectivity index (χ1) is 5.77. The molecule has 0 amide bonds. The normalized spacial score (nSPS) is 30.9. The molecule has 2 nitrogen and oxygen atoms in total. The summed E-state index contributed by atoms with van der Waals surface area (Å²) in [4.78, 5) is 4.47. The Morgan fingerprint density at radius 2 is 2.17 bits per heavy atom. The molecule has 0 aromatic rings. The van der Waals surface area contributed by atoms with Gasteiger partial charge in [-0.2, -0.15) is 0 Å². The van der Waals surface area contributed by atoms with Crippen molar-refractivity contribution in [3.8, 4) is 0 Å². The topological polar surface area (TPSA) is 34.3 Å². The van der Waals surface area contributed by atoms with E-state index in [1.165, 1.54) is 19.3 Å². The van der Waals surface area contributed by atoms with Crippen LogP contribution in [-0.4, -0.2) is 18.4 Å². The third-order valence-corrected chi connectivity index (χ3v) is 2.44. The summed E-state index contributed by atoms with van der Waals surface area (Å²) in [6, 6.07) is 0.611. The van der Waals surface area contributed by atoms with Gasteiger partial charge in [0.05, 0.1) is 0 Å². The van der Waals surface area contributed by atoms with E-state index in [2.05, 4.69) is 37.3 Å². The van der Waals surface area contributed by atoms with Gasteiger partial charge in [0, 0.05) is 12.3 Å². The monoisotopic (exact) mass is 168 g/mol. The van der Waals surface area contributed by atoms with Crippen LogP contribution in [-0.2, 0) is 0 Å². The van der Waals surface area contributed by atoms with Gasteiger partial charge in [0.25, 0.3) is 0 Å². The lowest BCUT2D eigenvalue weighted by molar-refractivity contribution is 0.602. The lowest BCUT2D eigenvalue weighted by Crippen LogP contribution is -2.01. The number of nitrogens with zero attached hydrogens (tertiary/aromatic N) is 1. The maximum absolute atomic E-state index is 4.47. The fourth-order valence-corrected chi connectivity index (χ4v) is 1.36. The van der Waals surface area contributed by atoms with Crippen molar-refractivity contribution in [3.05, 3.63) is 0 Å². The highest BCUT2D eigenvalue weighted by atomic mass is 15.3. The fourth-order valence-electron chi connectivity index (χ4n) is 1.36. The Hall–Kier alpha value is -0.370. The first kappa shape index (κ1) is 9.72. The minimum absolute atomic E-state index is 0.427. The molecule has 1 heterocycles. The Balaban J connectivity index is 2.21. The van der Waals surface area contributed by atoms with Crippen molar-refractivity contribution in [2.75, 3.05) is 0 Å². The van der Waals surface area contributed by atoms with Crippen molar-refractivity contribution < 1.29 is 0 Å². The number of hydrogen-bond donors (Lipinski definition) is 1. The highest BCUT2D eigenvalue weighted by Gasteiger charge is 2.29. The molecule has 1 aliphatic rings. The van der Waals surface area contributed by atoms with E-state index < -0.39 is 0 Å². The van der Waals surface area contributed by atoms with Crippen molar-refractivity contribution in [2.24, 2.45) is 10.9 Å². The molecule has 1 rings (SSSR count). The number of hydrogen-bond acceptors (Lipinski definition) is 2. The van der Waals surface area contributed by atoms with Crippen LogP contribution in [0.5, 0.6) is 0 Å². The van der Waals surface area contributed by atoms with Gasteiger partial charge in [-0.25, -0.2) is 0 Å². The van der Waals surface area contributed by atoms with E-state index in [-0.39, 0.29) is 0 Å². The van der Waals surface area contributed by atoms with Crippen molar-refractivity contribution in [1.29, 1.82) is 0 Å². The first-order valence-electron chi connectivity index (χ1n) is 5.07. The summed E-state index contributed by atoms with van der Waals surface area (Å²) in [5.74, 6) is 0.699. The number of aliphatic imine (C=N–C) groups is 1. The molecule has 0 saturated carbocycles. The number of nitrogens with one attached hydrogen (secondary N) is 1. The molecular weight excluding hydrogens is 148 g/mol. The van der Waals surface area contributed by atoms with E-state index in [0.29, 0.717) is 18.1 Å². The molecule has 70 valence electrons. The van der Waals surface area contributed by atoms with E-state index in [1.807, 2.05) is 0 Å². The van der Waals surface area contributed by atoms with Crippen LogP contribution >= 0.6 is 0 Å². The maximum Gasteiger partial charge on any atom is 0.115 e. The molecule has 0 aliphatic carbocycles. The standard InChI is InChI=1S/C10H20N2/c1-4-6-9(5-2)7-11-10-8(3)12-10/h7-10,12H,4-6H2,1-3H3/t8-,9?,10?/m0/s1. The highest BCUT2D eigenvalue weighted by Crippen LogP contribution is 2.13. The van der Waals surface area contributed by atoms with Crippen LogP contribution in [0.1, 0.15) is 40.0 Å². The van der Waals surface area contributed by atoms with Crippen molar-refractivity contribution in [3.63, 3.8) is 0 Å². The molecule has 2 unspecified atom stereocenters. The van der Waals surface area contributed by atoms with E-state index in [4.69, 9.17) is 0 Å². The molecule has 0 spiro atoms. The quantitative estimate of drug-likeness (QED) is 0.495. The molecule has 0 aromatic carbocycles. The summed E-state index contributed by atoms with van der Waals surface area (Å²) < 4.78 is 0. The minimum Gasteiger partial charge on any atom is -0.288 e. The lowest BCUT2D eigenvalue weighted by atomic mass is 10.0. The van der Waals surface area contributed by atoms with Crippen LogP contribution in [0.2, 0.25) is 0 Å². The van der Waals surface area contributed by atoms with Gasteiger partial charge >= 0.3 is 0 Å². The predicted molar refractivity (Wildman–Crippen MR) is 53.6 cm³/mol. The smallest absolute Gasteiger partial charge is 0.115 e. The summed E-state index contributed by atoms with van der Waals surface area (Å²) in [6.45, 7) is 6.63. The first-order valence-corrected chi connectivity index (χ1v) is 5.07. The van der Waals surface area contributed by atoms with Crippen LogP contribution in [0.4, 0.5) is 0 Å². The van der Waals surface area contributed by atoms with Gasteiger partial charge in [-0.05, 0) is 25.7 Å². The third-order valence-electron chi connectivity index (χ3n) is 2.44. The third kappa shape index (κ3) is 2.94. The maximum atomic E-state index is 4.47. The summed E-state index contributed by atoms with van der Waals surface area (Å²) in [6.07, 6.45) is 6.33. The minimum atomic E-state index is 0.427. The van der Waals surface area contributed by atoms with Gasteiger partial charge in [-0.15, -0.1) is 0 Å². The molecule has 2 heteroatoms. The second kappa shape index (κ2) is 4.61. The summed E-state index contributed by atoms with van der Waals surface area (Å²) in [7, 11) is 0. The SMILES string of the molecule is CCCC(C=NC1N[C@H]1C)CC. The Bertz CT molecular complexity index is 154. The summed E-state index contributed by atoms with van der Waals surface area (Å²) in [5, 5.41) is 3.26. The van der Waals surface area contributed by atoms with Gasteiger partial charge in [0.15, 0.2) is 0 Å². The lowest BCUT2D eigenvalue weighted by Gasteiger charge is -2.05. The molecule has 0 bridgehead atoms. The largest absolute Gasteiger partial charge is 0.288 e. The molecule has 0 radical (unpaired) electrons. The fraction of sp³-hybridized carbons (Fsp3) is 0.900. The Morgan fingerprint density at radius 1 is 1.50 bits per heavy atom. The molecular formula is C10H20N2. The van der Waals surface area contributed by atoms with Crippen LogP contribution in [0.3, 0.4) is 0 Å². The molecule has 3 atom stereocenters. The molecule has 0 aromatic heterocycles. The van der Waals surface area contributed by atoms with E-state index in [9.17, 15) is 0 Å². The van der Waals surface area contributed by atoms with Gasteiger partial charge in [-0.1, -0.05) is 20.3 Å². The number of rotatable bonds is 5. The van der Waals surface area contributed by atoms with Gasteiger partial charge in [0.2, 0.25) is 0 Å². The average molecular weight is 168 g/mol. The second-order valence-electron chi connectivity index (χ2n) is 3.66. The molecule has 1 aliphatic heterocycles. The summed E-state index contributed by atoms with van der Waals surface area (Å²) >= 11 is 0. The van der Waals surface area contributed by atoms with Gasteiger partial charge in [-0.3, -0.25) is 10.3 Å². The van der Waals surface area contributed by atoms with Crippen LogP contribution < -0.4 is 5.32 Å². The van der Waals surface area contributed by atoms with Crippen LogP contribution in [0, 0.1) is 5.92 Å². The van der Waals surface area contributed by atoms with Crippen molar-refractivity contribution in [2.45, 2.75) is 52.2 Å². The zero-order chi connectivity index (χ0) is 8.97. The summed E-state index contributed by atoms with van der Waals surface area (Å²) in [5.41, 5.74) is 0. The van der Waals surface area contributed by atoms with Crippen molar-refractivity contribution in [1.82, 2.24) is 5.32 Å². The molecule has 1 saturated heterocycles. The van der Waals surface area contributed by atoms with Crippen LogP contribution in [0.25, 0.3) is 0 Å². The van der Waals surface area contributed by atoms with E-state index in [0.717, 1.165) is 0 Å². The zero-order valence-electron chi connectivity index (χ0n) is 8.38. The van der Waals surface area contributed by atoms with E-state index in [1.54, 1.807) is 0 Å². The van der Waals surface area contributed by atoms with Gasteiger partial charge < -0.3 is 0 Å². The Morgan fingerprint density at radius 3 is 2.58 bits per heavy atom. The second-order valence-corrected chi connectivity index (χ2v) is 3.66. The van der Waals surface area contributed by atoms with Gasteiger partial charge in [0.1, 0.15) is 6.17 Å². The Kier molecular flexibility index (Phi) is 3.73. The predicted octanol–water partition coefficient (Wildman–Crippen LogP) is 2.20. The molecule has 1 N–H and O–H groups in total. The average Bonchev–Trinajstić information content (AvgIpc) is 2.76. The van der Waals surface area contributed by atoms with Crippen molar-refractivity contribution >= 4 is 6.21 Å². The Labute approximate surface area is 75.5 Å². The molecule has 1 fully saturated rings. The highest BCUT2D eigenvalue weighted by molar-refractivity contribution is 5.61.